The van der Waals surface area contributed by atoms with Crippen molar-refractivity contribution < 1.29 is 13.2 Å². The van der Waals surface area contributed by atoms with Crippen molar-refractivity contribution in [1.82, 2.24) is 0 Å². The summed E-state index contributed by atoms with van der Waals surface area (Å²) in [6.07, 6.45) is 5.85. The van der Waals surface area contributed by atoms with Crippen molar-refractivity contribution in [1.29, 1.82) is 0 Å². The van der Waals surface area contributed by atoms with E-state index in [1.807, 2.05) is 60.7 Å². The van der Waals surface area contributed by atoms with Crippen LogP contribution in [0.4, 0.5) is 5.69 Å². The molecule has 0 aromatic heterocycles. The number of anilines is 1. The lowest BCUT2D eigenvalue weighted by atomic mass is 9.97. The van der Waals surface area contributed by atoms with E-state index < -0.39 is 9.84 Å². The van der Waals surface area contributed by atoms with E-state index in [9.17, 15) is 13.2 Å². The van der Waals surface area contributed by atoms with E-state index in [1.165, 1.54) is 13.0 Å². The van der Waals surface area contributed by atoms with Crippen LogP contribution in [0.2, 0.25) is 0 Å². The molecular weight excluding hydrogens is 394 g/mol. The number of carbonyl (C=O) groups is 1. The topological polar surface area (TPSA) is 54.5 Å². The molecule has 1 heterocycles. The first-order chi connectivity index (χ1) is 14.3. The molecule has 2 aromatic rings. The summed E-state index contributed by atoms with van der Waals surface area (Å²) in [6, 6.07) is 19.0. The normalized spacial score (nSPS) is 14.5. The van der Waals surface area contributed by atoms with Gasteiger partial charge in [-0.3, -0.25) is 4.79 Å². The smallest absolute Gasteiger partial charge is 0.259 e. The lowest BCUT2D eigenvalue weighted by Gasteiger charge is -2.17. The highest BCUT2D eigenvalue weighted by Crippen LogP contribution is 2.35. The Morgan fingerprint density at radius 3 is 2.23 bits per heavy atom. The van der Waals surface area contributed by atoms with Crippen LogP contribution in [-0.2, 0) is 14.6 Å². The molecule has 0 aliphatic carbocycles. The van der Waals surface area contributed by atoms with Crippen LogP contribution >= 0.6 is 0 Å². The summed E-state index contributed by atoms with van der Waals surface area (Å²) >= 11 is 0. The Hall–Kier alpha value is -3.40. The molecule has 1 aliphatic rings. The minimum absolute atomic E-state index is 0.0913. The van der Waals surface area contributed by atoms with Crippen LogP contribution in [0, 0.1) is 0 Å². The van der Waals surface area contributed by atoms with Crippen LogP contribution < -0.4 is 4.90 Å². The molecule has 1 aliphatic heterocycles. The standard InChI is InChI=1S/C25H23NO3S/c1-4-20(15-11-12-19(2)30(3,28)29)23-18-26(22-16-9-6-10-17-22)25(27)24(23)21-13-7-5-8-14-21/h4-14,16-17H,1,18H2,2-3H3/b19-12+. The SMILES string of the molecule is C=CC(=C=C/C=C(\C)S(C)(=O)=O)C1=C(c2ccccc2)C(=O)N(c2ccccc2)C1. The fraction of sp³-hybridized carbons (Fsp3) is 0.120. The minimum Gasteiger partial charge on any atom is -0.304 e. The van der Waals surface area contributed by atoms with Gasteiger partial charge in [0.2, 0.25) is 0 Å². The largest absolute Gasteiger partial charge is 0.304 e. The number of allylic oxidation sites excluding steroid dienone is 3. The first kappa shape index (κ1) is 21.3. The van der Waals surface area contributed by atoms with Crippen molar-refractivity contribution in [3.63, 3.8) is 0 Å². The molecule has 0 atom stereocenters. The van der Waals surface area contributed by atoms with Crippen molar-refractivity contribution in [2.75, 3.05) is 17.7 Å². The molecule has 0 fully saturated rings. The van der Waals surface area contributed by atoms with Crippen LogP contribution in [0.1, 0.15) is 12.5 Å². The summed E-state index contributed by atoms with van der Waals surface area (Å²) < 4.78 is 23.2. The Kier molecular flexibility index (Phi) is 6.36. The average molecular weight is 418 g/mol. The number of hydrogen-bond acceptors (Lipinski definition) is 3. The number of carbonyl (C=O) groups excluding carboxylic acids is 1. The van der Waals surface area contributed by atoms with E-state index in [0.29, 0.717) is 17.7 Å². The predicted octanol–water partition coefficient (Wildman–Crippen LogP) is 4.70. The van der Waals surface area contributed by atoms with E-state index in [1.54, 1.807) is 17.1 Å². The highest BCUT2D eigenvalue weighted by Gasteiger charge is 2.33. The molecule has 152 valence electrons. The van der Waals surface area contributed by atoms with Crippen LogP contribution in [-0.4, -0.2) is 27.1 Å². The fourth-order valence-corrected chi connectivity index (χ4v) is 3.47. The second-order valence-electron chi connectivity index (χ2n) is 6.92. The molecule has 4 nitrogen and oxygen atoms in total. The van der Waals surface area contributed by atoms with Crippen molar-refractivity contribution >= 4 is 27.0 Å². The second kappa shape index (κ2) is 8.95. The van der Waals surface area contributed by atoms with Gasteiger partial charge in [0, 0.05) is 28.0 Å². The highest BCUT2D eigenvalue weighted by atomic mass is 32.2. The molecule has 0 saturated carbocycles. The van der Waals surface area contributed by atoms with Gasteiger partial charge in [0.15, 0.2) is 9.84 Å². The molecule has 0 bridgehead atoms. The first-order valence-electron chi connectivity index (χ1n) is 9.45. The van der Waals surface area contributed by atoms with Gasteiger partial charge in [0.25, 0.3) is 5.91 Å². The number of hydrogen-bond donors (Lipinski definition) is 0. The fourth-order valence-electron chi connectivity index (χ4n) is 3.15. The molecule has 0 saturated heterocycles. The predicted molar refractivity (Wildman–Crippen MR) is 123 cm³/mol. The van der Waals surface area contributed by atoms with Crippen molar-refractivity contribution in [3.8, 4) is 0 Å². The summed E-state index contributed by atoms with van der Waals surface area (Å²) in [6.45, 7) is 5.79. The second-order valence-corrected chi connectivity index (χ2v) is 9.11. The maximum Gasteiger partial charge on any atom is 0.259 e. The van der Waals surface area contributed by atoms with E-state index in [4.69, 9.17) is 0 Å². The molecule has 2 aromatic carbocycles. The minimum atomic E-state index is -3.25. The molecule has 0 N–H and O–H groups in total. The third-order valence-corrected chi connectivity index (χ3v) is 6.18. The van der Waals surface area contributed by atoms with E-state index in [0.717, 1.165) is 23.1 Å². The zero-order valence-corrected chi connectivity index (χ0v) is 17.8. The number of rotatable bonds is 6. The summed E-state index contributed by atoms with van der Waals surface area (Å²) in [5.74, 6) is -0.0913. The van der Waals surface area contributed by atoms with Gasteiger partial charge >= 0.3 is 0 Å². The maximum atomic E-state index is 13.3. The van der Waals surface area contributed by atoms with Gasteiger partial charge in [0.1, 0.15) is 0 Å². The van der Waals surface area contributed by atoms with Gasteiger partial charge in [-0.1, -0.05) is 61.2 Å². The summed E-state index contributed by atoms with van der Waals surface area (Å²) in [5, 5.41) is 0. The van der Waals surface area contributed by atoms with Crippen LogP contribution in [0.3, 0.4) is 0 Å². The van der Waals surface area contributed by atoms with Crippen molar-refractivity contribution in [3.05, 3.63) is 113 Å². The van der Waals surface area contributed by atoms with E-state index in [2.05, 4.69) is 12.3 Å². The number of nitrogens with zero attached hydrogens (tertiary/aromatic N) is 1. The molecule has 0 spiro atoms. The molecule has 30 heavy (non-hydrogen) atoms. The number of benzene rings is 2. The lowest BCUT2D eigenvalue weighted by Crippen LogP contribution is -2.26. The van der Waals surface area contributed by atoms with E-state index >= 15 is 0 Å². The van der Waals surface area contributed by atoms with Gasteiger partial charge in [-0.15, -0.1) is 5.73 Å². The zero-order valence-electron chi connectivity index (χ0n) is 17.0. The van der Waals surface area contributed by atoms with Crippen LogP contribution in [0.25, 0.3) is 5.57 Å². The van der Waals surface area contributed by atoms with Gasteiger partial charge in [-0.25, -0.2) is 8.42 Å². The monoisotopic (exact) mass is 417 g/mol. The average Bonchev–Trinajstić information content (AvgIpc) is 3.08. The maximum absolute atomic E-state index is 13.3. The summed E-state index contributed by atoms with van der Waals surface area (Å²) in [5.41, 5.74) is 6.78. The first-order valence-corrected chi connectivity index (χ1v) is 11.3. The summed E-state index contributed by atoms with van der Waals surface area (Å²) in [7, 11) is -3.25. The van der Waals surface area contributed by atoms with E-state index in [-0.39, 0.29) is 10.8 Å². The van der Waals surface area contributed by atoms with Gasteiger partial charge < -0.3 is 4.90 Å². The van der Waals surface area contributed by atoms with Crippen molar-refractivity contribution in [2.45, 2.75) is 6.92 Å². The molecule has 0 unspecified atom stereocenters. The Bertz CT molecular complexity index is 1200. The Labute approximate surface area is 177 Å². The highest BCUT2D eigenvalue weighted by molar-refractivity contribution is 7.94. The Morgan fingerprint density at radius 2 is 1.67 bits per heavy atom. The third-order valence-electron chi connectivity index (χ3n) is 4.88. The Balaban J connectivity index is 2.13. The Morgan fingerprint density at radius 1 is 1.07 bits per heavy atom. The molecular formula is C25H23NO3S. The van der Waals surface area contributed by atoms with Gasteiger partial charge in [0.05, 0.1) is 12.1 Å². The summed E-state index contributed by atoms with van der Waals surface area (Å²) in [4.78, 5) is 15.3. The van der Waals surface area contributed by atoms with Gasteiger partial charge in [-0.2, -0.15) is 0 Å². The quantitative estimate of drug-likeness (QED) is 0.506. The molecule has 5 heteroatoms. The lowest BCUT2D eigenvalue weighted by molar-refractivity contribution is -0.112. The van der Waals surface area contributed by atoms with Gasteiger partial charge in [-0.05, 0) is 36.8 Å². The number of para-hydroxylation sites is 1. The van der Waals surface area contributed by atoms with Crippen LogP contribution in [0.15, 0.2) is 107 Å². The zero-order chi connectivity index (χ0) is 21.7. The number of amides is 1. The third kappa shape index (κ3) is 4.60. The van der Waals surface area contributed by atoms with Crippen molar-refractivity contribution in [2.24, 2.45) is 0 Å². The number of sulfone groups is 1. The van der Waals surface area contributed by atoms with Crippen LogP contribution in [0.5, 0.6) is 0 Å². The molecule has 1 amide bonds. The molecule has 3 rings (SSSR count). The molecule has 0 radical (unpaired) electrons.